The highest BCUT2D eigenvalue weighted by Crippen LogP contribution is 2.77. The van der Waals surface area contributed by atoms with Crippen molar-refractivity contribution in [3.8, 4) is 0 Å². The van der Waals surface area contributed by atoms with Crippen LogP contribution < -0.4 is 10.6 Å². The summed E-state index contributed by atoms with van der Waals surface area (Å²) in [4.78, 5) is 55.6. The van der Waals surface area contributed by atoms with Gasteiger partial charge in [0.1, 0.15) is 6.10 Å². The number of aliphatic carboxylic acids is 1. The van der Waals surface area contributed by atoms with Crippen LogP contribution in [-0.4, -0.2) is 71.1 Å². The van der Waals surface area contributed by atoms with Crippen LogP contribution in [0.15, 0.2) is 12.2 Å². The van der Waals surface area contributed by atoms with E-state index in [0.717, 1.165) is 109 Å². The first-order chi connectivity index (χ1) is 32.4. The SMILES string of the molecule is C1CCC(NC2CCCCC2)CC1.C=C(C)[C@@H]1CC[C@]2(C(=O)NC3C[C@H](C(=O)N4CCCCC4)C3(C)C)CC[C@]3(C)C(CCC4[C@@]5(C)CC[C@H](OC(=O)CC(C)(C)C(=O)O)C(C)(C)C5CC[C@]43C)C12. The summed E-state index contributed by atoms with van der Waals surface area (Å²) in [7, 11) is 0. The number of fused-ring (bicyclic) bond motifs is 7. The Hall–Kier alpha value is -2.42. The van der Waals surface area contributed by atoms with E-state index in [1.165, 1.54) is 76.2 Å². The van der Waals surface area contributed by atoms with Crippen molar-refractivity contribution in [1.82, 2.24) is 15.5 Å². The summed E-state index contributed by atoms with van der Waals surface area (Å²) in [5, 5.41) is 17.1. The zero-order valence-corrected chi connectivity index (χ0v) is 45.5. The number of nitrogens with zero attached hydrogens (tertiary/aromatic N) is 1. The highest BCUT2D eigenvalue weighted by molar-refractivity contribution is 5.86. The number of likely N-dealkylation sites (tertiary alicyclic amines) is 1. The smallest absolute Gasteiger partial charge is 0.309 e. The van der Waals surface area contributed by atoms with E-state index in [1.54, 1.807) is 13.8 Å². The lowest BCUT2D eigenvalue weighted by molar-refractivity contribution is -0.249. The second-order valence-corrected chi connectivity index (χ2v) is 27.9. The summed E-state index contributed by atoms with van der Waals surface area (Å²) >= 11 is 0. The molecule has 0 aromatic heterocycles. The first kappa shape index (κ1) is 52.9. The Morgan fingerprint density at radius 3 is 1.87 bits per heavy atom. The second kappa shape index (κ2) is 19.8. The van der Waals surface area contributed by atoms with E-state index in [-0.39, 0.29) is 63.4 Å². The number of rotatable bonds is 10. The van der Waals surface area contributed by atoms with Crippen molar-refractivity contribution >= 4 is 23.8 Å². The van der Waals surface area contributed by atoms with Crippen LogP contribution in [0.25, 0.3) is 0 Å². The number of esters is 1. The van der Waals surface area contributed by atoms with Crippen molar-refractivity contribution in [3.63, 3.8) is 0 Å². The molecule has 9 aliphatic rings. The fraction of sp³-hybridized carbons (Fsp3) is 0.900. The monoisotopic (exact) mass is 958 g/mol. The van der Waals surface area contributed by atoms with Crippen molar-refractivity contribution < 1.29 is 29.0 Å². The molecule has 390 valence electrons. The molecule has 8 aliphatic carbocycles. The normalized spacial score (nSPS) is 40.8. The van der Waals surface area contributed by atoms with Gasteiger partial charge in [-0.3, -0.25) is 19.2 Å². The Morgan fingerprint density at radius 1 is 0.681 bits per heavy atom. The van der Waals surface area contributed by atoms with E-state index >= 15 is 4.79 Å². The number of carboxylic acid groups (broad SMARTS) is 1. The minimum atomic E-state index is -1.16. The van der Waals surface area contributed by atoms with Crippen LogP contribution in [0.1, 0.15) is 230 Å². The number of allylic oxidation sites excluding steroid dienone is 1. The molecular weight excluding hydrogens is 859 g/mol. The number of nitrogens with one attached hydrogen (secondary N) is 2. The summed E-state index contributed by atoms with van der Waals surface area (Å²) in [5.41, 5.74) is -0.492. The number of carbonyl (C=O) groups is 4. The highest BCUT2D eigenvalue weighted by Gasteiger charge is 2.72. The first-order valence-electron chi connectivity index (χ1n) is 28.9. The van der Waals surface area contributed by atoms with Crippen molar-refractivity contribution in [3.05, 3.63) is 12.2 Å². The molecule has 5 unspecified atom stereocenters. The number of piperidine rings is 1. The zero-order chi connectivity index (χ0) is 50.0. The Bertz CT molecular complexity index is 1890. The van der Waals surface area contributed by atoms with Crippen LogP contribution in [0, 0.1) is 73.4 Å². The average molecular weight is 958 g/mol. The molecule has 69 heavy (non-hydrogen) atoms. The number of hydrogen-bond donors (Lipinski definition) is 3. The van der Waals surface area contributed by atoms with Crippen LogP contribution in [-0.2, 0) is 23.9 Å². The van der Waals surface area contributed by atoms with Gasteiger partial charge in [0.2, 0.25) is 11.8 Å². The van der Waals surface area contributed by atoms with Gasteiger partial charge < -0.3 is 25.4 Å². The fourth-order valence-corrected chi connectivity index (χ4v) is 18.5. The predicted octanol–water partition coefficient (Wildman–Crippen LogP) is 12.8. The summed E-state index contributed by atoms with van der Waals surface area (Å²) < 4.78 is 6.20. The van der Waals surface area contributed by atoms with Gasteiger partial charge in [0, 0.05) is 42.5 Å². The van der Waals surface area contributed by atoms with Gasteiger partial charge in [-0.25, -0.2) is 0 Å². The lowest BCUT2D eigenvalue weighted by Gasteiger charge is -2.73. The van der Waals surface area contributed by atoms with Crippen molar-refractivity contribution in [1.29, 1.82) is 0 Å². The topological polar surface area (TPSA) is 125 Å². The summed E-state index contributed by atoms with van der Waals surface area (Å²) in [6, 6.07) is 1.76. The predicted molar refractivity (Wildman–Crippen MR) is 276 cm³/mol. The number of carboxylic acids is 1. The number of hydrogen-bond acceptors (Lipinski definition) is 6. The number of carbonyl (C=O) groups excluding carboxylic acids is 3. The third-order valence-corrected chi connectivity index (χ3v) is 23.1. The van der Waals surface area contributed by atoms with Gasteiger partial charge in [0.15, 0.2) is 0 Å². The molecule has 3 N–H and O–H groups in total. The highest BCUT2D eigenvalue weighted by atomic mass is 16.5. The van der Waals surface area contributed by atoms with Crippen LogP contribution in [0.4, 0.5) is 0 Å². The molecule has 1 saturated heterocycles. The van der Waals surface area contributed by atoms with Crippen molar-refractivity contribution in [2.45, 2.75) is 254 Å². The minimum absolute atomic E-state index is 0.0193. The first-order valence-corrected chi connectivity index (χ1v) is 28.9. The van der Waals surface area contributed by atoms with Gasteiger partial charge in [-0.2, -0.15) is 0 Å². The van der Waals surface area contributed by atoms with E-state index < -0.39 is 22.8 Å². The molecule has 9 fully saturated rings. The molecule has 9 rings (SSSR count). The lowest BCUT2D eigenvalue weighted by Crippen LogP contribution is -2.68. The van der Waals surface area contributed by atoms with Gasteiger partial charge in [0.05, 0.1) is 17.3 Å². The molecular formula is C60H99N3O6. The van der Waals surface area contributed by atoms with Crippen LogP contribution >= 0.6 is 0 Å². The Balaban J connectivity index is 0.000000424. The molecule has 9 nitrogen and oxygen atoms in total. The van der Waals surface area contributed by atoms with Gasteiger partial charge in [0.25, 0.3) is 0 Å². The molecule has 1 heterocycles. The maximum atomic E-state index is 15.0. The maximum absolute atomic E-state index is 15.0. The third-order valence-electron chi connectivity index (χ3n) is 23.1. The molecule has 0 spiro atoms. The molecule has 0 bridgehead atoms. The Labute approximate surface area is 419 Å². The molecule has 0 aromatic rings. The second-order valence-electron chi connectivity index (χ2n) is 27.9. The molecule has 9 heteroatoms. The van der Waals surface area contributed by atoms with Crippen LogP contribution in [0.5, 0.6) is 0 Å². The van der Waals surface area contributed by atoms with Gasteiger partial charge in [-0.05, 0) is 188 Å². The molecule has 1 aliphatic heterocycles. The van der Waals surface area contributed by atoms with E-state index in [9.17, 15) is 19.5 Å². The largest absolute Gasteiger partial charge is 0.481 e. The van der Waals surface area contributed by atoms with Gasteiger partial charge in [-0.1, -0.05) is 99.1 Å². The van der Waals surface area contributed by atoms with E-state index in [4.69, 9.17) is 4.74 Å². The van der Waals surface area contributed by atoms with E-state index in [2.05, 4.69) is 77.5 Å². The summed E-state index contributed by atoms with van der Waals surface area (Å²) in [6.07, 6.45) is 28.6. The lowest BCUT2D eigenvalue weighted by atomic mass is 9.32. The zero-order valence-electron chi connectivity index (χ0n) is 45.5. The number of amides is 2. The molecule has 12 atom stereocenters. The summed E-state index contributed by atoms with van der Waals surface area (Å²) in [6.45, 7) is 28.5. The molecule has 2 amide bonds. The van der Waals surface area contributed by atoms with Crippen molar-refractivity contribution in [2.24, 2.45) is 73.4 Å². The van der Waals surface area contributed by atoms with E-state index in [0.29, 0.717) is 29.6 Å². The third kappa shape index (κ3) is 9.44. The summed E-state index contributed by atoms with van der Waals surface area (Å²) in [5.74, 6) is 1.12. The Kier molecular flexibility index (Phi) is 15.2. The standard InChI is InChI=1S/C48H76N2O6.C12H23N/c1-29(2)30-17-22-48(40(53)49-35-27-32(43(35,5)6)39(52)50-25-13-12-14-26-50)24-23-46(10)31(38(30)48)15-16-34-45(9)20-19-36(56-37(51)28-42(3,4)41(54)55)44(7,8)33(45)18-21-47(34,46)11;1-3-7-11(8-4-1)13-12-9-5-2-6-10-12/h30-36,38H,1,12-28H2,2-11H3,(H,49,53)(H,54,55);11-13H,1-10H2/t30-,31?,32+,33?,34?,35?,36-,38?,45-,46+,47+,48-;/m0./s1. The number of ether oxygens (including phenoxy) is 1. The average Bonchev–Trinajstić information content (AvgIpc) is 3.71. The fourth-order valence-electron chi connectivity index (χ4n) is 18.5. The molecule has 8 saturated carbocycles. The Morgan fingerprint density at radius 2 is 1.29 bits per heavy atom. The van der Waals surface area contributed by atoms with Crippen LogP contribution in [0.3, 0.4) is 0 Å². The maximum Gasteiger partial charge on any atom is 0.309 e. The van der Waals surface area contributed by atoms with Gasteiger partial charge >= 0.3 is 11.9 Å². The van der Waals surface area contributed by atoms with Crippen LogP contribution in [0.2, 0.25) is 0 Å². The van der Waals surface area contributed by atoms with E-state index in [1.807, 2.05) is 0 Å². The molecule has 0 radical (unpaired) electrons. The molecule has 0 aromatic carbocycles. The minimum Gasteiger partial charge on any atom is -0.481 e. The quantitative estimate of drug-likeness (QED) is 0.147. The van der Waals surface area contributed by atoms with Gasteiger partial charge in [-0.15, -0.1) is 0 Å². The van der Waals surface area contributed by atoms with Crippen molar-refractivity contribution in [2.75, 3.05) is 13.1 Å².